The van der Waals surface area contributed by atoms with E-state index in [4.69, 9.17) is 5.11 Å². The second kappa shape index (κ2) is 4.50. The SMILES string of the molecule is Cc1cccc(O)c1C(=O)[O-].[Na+]. The molecule has 1 N–H and O–H groups in total. The van der Waals surface area contributed by atoms with E-state index in [0.29, 0.717) is 5.56 Å². The normalized spacial score (nSPS) is 8.75. The van der Waals surface area contributed by atoms with Crippen LogP contribution in [0.15, 0.2) is 18.2 Å². The number of hydrogen-bond acceptors (Lipinski definition) is 3. The molecule has 1 aromatic rings. The molecular weight excluding hydrogens is 167 g/mol. The number of carbonyl (C=O) groups excluding carboxylic acids is 1. The number of carboxylic acids is 1. The van der Waals surface area contributed by atoms with Crippen LogP contribution in [0, 0.1) is 6.92 Å². The summed E-state index contributed by atoms with van der Waals surface area (Å²) in [4.78, 5) is 10.4. The third-order valence-electron chi connectivity index (χ3n) is 1.45. The van der Waals surface area contributed by atoms with Crippen molar-refractivity contribution in [3.05, 3.63) is 29.3 Å². The molecule has 0 saturated heterocycles. The smallest absolute Gasteiger partial charge is 0.545 e. The van der Waals surface area contributed by atoms with E-state index in [1.54, 1.807) is 19.1 Å². The van der Waals surface area contributed by atoms with Crippen LogP contribution >= 0.6 is 0 Å². The minimum atomic E-state index is -1.35. The van der Waals surface area contributed by atoms with Crippen molar-refractivity contribution >= 4 is 5.97 Å². The van der Waals surface area contributed by atoms with Gasteiger partial charge in [-0.05, 0) is 18.6 Å². The molecule has 0 amide bonds. The molecule has 0 aliphatic rings. The minimum Gasteiger partial charge on any atom is -0.545 e. The summed E-state index contributed by atoms with van der Waals surface area (Å²) in [6.07, 6.45) is 0. The second-order valence-electron chi connectivity index (χ2n) is 2.26. The Morgan fingerprint density at radius 2 is 2.08 bits per heavy atom. The molecule has 0 spiro atoms. The second-order valence-corrected chi connectivity index (χ2v) is 2.26. The van der Waals surface area contributed by atoms with Gasteiger partial charge in [-0.2, -0.15) is 0 Å². The van der Waals surface area contributed by atoms with Gasteiger partial charge in [0.25, 0.3) is 0 Å². The van der Waals surface area contributed by atoms with Crippen LogP contribution in [0.25, 0.3) is 0 Å². The summed E-state index contributed by atoms with van der Waals surface area (Å²) in [7, 11) is 0. The summed E-state index contributed by atoms with van der Waals surface area (Å²) in [6, 6.07) is 4.50. The van der Waals surface area contributed by atoms with Crippen molar-refractivity contribution in [3.63, 3.8) is 0 Å². The van der Waals surface area contributed by atoms with E-state index in [1.807, 2.05) is 0 Å². The zero-order valence-electron chi connectivity index (χ0n) is 7.00. The first kappa shape index (κ1) is 11.5. The van der Waals surface area contributed by atoms with Crippen molar-refractivity contribution in [1.82, 2.24) is 0 Å². The molecule has 0 unspecified atom stereocenters. The van der Waals surface area contributed by atoms with Gasteiger partial charge in [-0.25, -0.2) is 0 Å². The molecule has 0 heterocycles. The van der Waals surface area contributed by atoms with Crippen molar-refractivity contribution in [2.75, 3.05) is 0 Å². The van der Waals surface area contributed by atoms with Gasteiger partial charge in [0.15, 0.2) is 0 Å². The van der Waals surface area contributed by atoms with Gasteiger partial charge in [0, 0.05) is 5.56 Å². The van der Waals surface area contributed by atoms with Crippen LogP contribution < -0.4 is 34.7 Å². The van der Waals surface area contributed by atoms with Gasteiger partial charge in [-0.15, -0.1) is 0 Å². The molecule has 0 fully saturated rings. The number of phenols is 1. The van der Waals surface area contributed by atoms with Gasteiger partial charge in [0.1, 0.15) is 5.75 Å². The summed E-state index contributed by atoms with van der Waals surface area (Å²) in [5.74, 6) is -1.59. The Labute approximate surface area is 92.3 Å². The quantitative estimate of drug-likeness (QED) is 0.464. The zero-order chi connectivity index (χ0) is 8.43. The number of aromatic carboxylic acids is 1. The van der Waals surface area contributed by atoms with Gasteiger partial charge in [0.05, 0.1) is 5.97 Å². The molecule has 1 aromatic carbocycles. The summed E-state index contributed by atoms with van der Waals surface area (Å²) >= 11 is 0. The van der Waals surface area contributed by atoms with Gasteiger partial charge < -0.3 is 15.0 Å². The molecule has 12 heavy (non-hydrogen) atoms. The number of hydrogen-bond donors (Lipinski definition) is 1. The van der Waals surface area contributed by atoms with Crippen LogP contribution in [-0.4, -0.2) is 11.1 Å². The van der Waals surface area contributed by atoms with E-state index >= 15 is 0 Å². The standard InChI is InChI=1S/C8H8O3.Na/c1-5-3-2-4-6(9)7(5)8(10)11;/h2-4,9H,1H3,(H,10,11);/q;+1/p-1. The molecule has 1 rings (SSSR count). The number of benzene rings is 1. The summed E-state index contributed by atoms with van der Waals surface area (Å²) in [5.41, 5.74) is 0.373. The molecule has 0 aromatic heterocycles. The third-order valence-corrected chi connectivity index (χ3v) is 1.45. The maximum Gasteiger partial charge on any atom is 1.00 e. The molecule has 0 atom stereocenters. The number of aryl methyl sites for hydroxylation is 1. The molecule has 0 aliphatic heterocycles. The topological polar surface area (TPSA) is 60.4 Å². The molecular formula is C8H7NaO3. The van der Waals surface area contributed by atoms with Crippen LogP contribution in [0.4, 0.5) is 0 Å². The Bertz CT molecular complexity index is 276. The molecule has 0 radical (unpaired) electrons. The maximum atomic E-state index is 10.4. The van der Waals surface area contributed by atoms with Crippen LogP contribution in [-0.2, 0) is 0 Å². The Hall–Kier alpha value is -0.510. The van der Waals surface area contributed by atoms with Gasteiger partial charge in [-0.1, -0.05) is 12.1 Å². The average molecular weight is 174 g/mol. The minimum absolute atomic E-state index is 0. The Morgan fingerprint density at radius 1 is 1.50 bits per heavy atom. The summed E-state index contributed by atoms with van der Waals surface area (Å²) in [5, 5.41) is 19.4. The van der Waals surface area contributed by atoms with Crippen LogP contribution in [0.2, 0.25) is 0 Å². The fourth-order valence-electron chi connectivity index (χ4n) is 0.918. The molecule has 0 aliphatic carbocycles. The van der Waals surface area contributed by atoms with E-state index < -0.39 is 5.97 Å². The first-order valence-electron chi connectivity index (χ1n) is 3.13. The van der Waals surface area contributed by atoms with Crippen LogP contribution in [0.1, 0.15) is 15.9 Å². The number of rotatable bonds is 1. The number of carboxylic acid groups (broad SMARTS) is 1. The van der Waals surface area contributed by atoms with Crippen molar-refractivity contribution in [2.45, 2.75) is 6.92 Å². The molecule has 0 bridgehead atoms. The third kappa shape index (κ3) is 2.24. The van der Waals surface area contributed by atoms with Crippen molar-refractivity contribution in [3.8, 4) is 5.75 Å². The van der Waals surface area contributed by atoms with Gasteiger partial charge in [-0.3, -0.25) is 0 Å². The van der Waals surface area contributed by atoms with Crippen LogP contribution in [0.3, 0.4) is 0 Å². The predicted molar refractivity (Wildman–Crippen MR) is 37.2 cm³/mol. The van der Waals surface area contributed by atoms with Gasteiger partial charge >= 0.3 is 29.6 Å². The Kier molecular flexibility index (Phi) is 4.31. The molecule has 58 valence electrons. The van der Waals surface area contributed by atoms with Crippen molar-refractivity contribution in [2.24, 2.45) is 0 Å². The first-order valence-corrected chi connectivity index (χ1v) is 3.13. The van der Waals surface area contributed by atoms with E-state index in [0.717, 1.165) is 0 Å². The summed E-state index contributed by atoms with van der Waals surface area (Å²) in [6.45, 7) is 1.60. The largest absolute Gasteiger partial charge is 1.00 e. The van der Waals surface area contributed by atoms with Gasteiger partial charge in [0.2, 0.25) is 0 Å². The molecule has 3 nitrogen and oxygen atoms in total. The van der Waals surface area contributed by atoms with Crippen molar-refractivity contribution < 1.29 is 44.6 Å². The molecule has 4 heteroatoms. The molecule has 0 saturated carbocycles. The van der Waals surface area contributed by atoms with E-state index in [2.05, 4.69) is 0 Å². The van der Waals surface area contributed by atoms with Crippen LogP contribution in [0.5, 0.6) is 5.75 Å². The number of carbonyl (C=O) groups is 1. The van der Waals surface area contributed by atoms with E-state index in [9.17, 15) is 9.90 Å². The zero-order valence-corrected chi connectivity index (χ0v) is 9.00. The summed E-state index contributed by atoms with van der Waals surface area (Å²) < 4.78 is 0. The fraction of sp³-hybridized carbons (Fsp3) is 0.125. The maximum absolute atomic E-state index is 10.4. The number of aromatic hydroxyl groups is 1. The van der Waals surface area contributed by atoms with E-state index in [-0.39, 0.29) is 40.9 Å². The Balaban J connectivity index is 0.00000121. The fourth-order valence-corrected chi connectivity index (χ4v) is 0.918. The average Bonchev–Trinajstić information content (AvgIpc) is 1.85. The Morgan fingerprint density at radius 3 is 2.42 bits per heavy atom. The first-order chi connectivity index (χ1) is 5.13. The predicted octanol–water partition coefficient (Wildman–Crippen LogP) is -2.93. The van der Waals surface area contributed by atoms with E-state index in [1.165, 1.54) is 6.07 Å². The van der Waals surface area contributed by atoms with Crippen molar-refractivity contribution in [1.29, 1.82) is 0 Å². The monoisotopic (exact) mass is 174 g/mol.